The molecule has 0 fully saturated rings. The third kappa shape index (κ3) is 3.20. The zero-order valence-electron chi connectivity index (χ0n) is 6.99. The minimum absolute atomic E-state index is 0.163. The lowest BCUT2D eigenvalue weighted by atomic mass is 10.7. The molecule has 14 heavy (non-hydrogen) atoms. The summed E-state index contributed by atoms with van der Waals surface area (Å²) in [4.78, 5) is 7.26. The second-order valence-corrected chi connectivity index (χ2v) is 6.88. The maximum atomic E-state index is 11.6. The van der Waals surface area contributed by atoms with Gasteiger partial charge >= 0.3 is 9.24 Å². The molecular formula is C5H6ClN3O3S2. The Morgan fingerprint density at radius 2 is 1.79 bits per heavy atom. The molecule has 1 atom stereocenters. The van der Waals surface area contributed by atoms with Crippen LogP contribution >= 0.6 is 10.7 Å². The van der Waals surface area contributed by atoms with Crippen LogP contribution in [0.4, 0.5) is 0 Å². The monoisotopic (exact) mass is 255 g/mol. The van der Waals surface area contributed by atoms with E-state index in [2.05, 4.69) is 13.7 Å². The van der Waals surface area contributed by atoms with Crippen LogP contribution in [0.2, 0.25) is 0 Å². The summed E-state index contributed by atoms with van der Waals surface area (Å²) in [6.45, 7) is 0. The highest BCUT2D eigenvalue weighted by atomic mass is 35.7. The highest BCUT2D eigenvalue weighted by Crippen LogP contribution is 2.09. The van der Waals surface area contributed by atoms with Crippen LogP contribution in [0, 0.1) is 0 Å². The van der Waals surface area contributed by atoms with Crippen LogP contribution in [-0.4, -0.2) is 28.9 Å². The van der Waals surface area contributed by atoms with Gasteiger partial charge in [0.15, 0.2) is 0 Å². The standard InChI is InChI=1S/C5H6ClN3O3S2/c1-13(10,9-14(6,11)12)5-7-3-2-4-8-5/h2-4H,1H3/t13-/m0/s1. The van der Waals surface area contributed by atoms with Crippen LogP contribution in [0.3, 0.4) is 0 Å². The molecule has 0 aliphatic carbocycles. The molecule has 0 aromatic carbocycles. The van der Waals surface area contributed by atoms with Gasteiger partial charge in [-0.15, -0.1) is 0 Å². The summed E-state index contributed by atoms with van der Waals surface area (Å²) in [7, 11) is -2.53. The summed E-state index contributed by atoms with van der Waals surface area (Å²) in [5.41, 5.74) is 0. The highest BCUT2D eigenvalue weighted by Gasteiger charge is 2.13. The molecule has 0 radical (unpaired) electrons. The van der Waals surface area contributed by atoms with Crippen LogP contribution in [0.25, 0.3) is 0 Å². The van der Waals surface area contributed by atoms with Gasteiger partial charge in [0, 0.05) is 29.3 Å². The van der Waals surface area contributed by atoms with E-state index >= 15 is 0 Å². The van der Waals surface area contributed by atoms with E-state index in [1.54, 1.807) is 0 Å². The Hall–Kier alpha value is -0.730. The molecule has 0 N–H and O–H groups in total. The first kappa shape index (κ1) is 11.3. The number of nitrogens with zero attached hydrogens (tertiary/aromatic N) is 3. The average Bonchev–Trinajstić information content (AvgIpc) is 2.01. The predicted octanol–water partition coefficient (Wildman–Crippen LogP) is 0.417. The van der Waals surface area contributed by atoms with Gasteiger partial charge < -0.3 is 0 Å². The van der Waals surface area contributed by atoms with Gasteiger partial charge in [-0.1, -0.05) is 3.77 Å². The first-order chi connectivity index (χ1) is 6.31. The van der Waals surface area contributed by atoms with Crippen molar-refractivity contribution in [2.45, 2.75) is 5.16 Å². The van der Waals surface area contributed by atoms with Gasteiger partial charge in [-0.2, -0.15) is 8.42 Å². The first-order valence-corrected chi connectivity index (χ1v) is 7.45. The van der Waals surface area contributed by atoms with Gasteiger partial charge in [-0.25, -0.2) is 14.2 Å². The summed E-state index contributed by atoms with van der Waals surface area (Å²) < 4.78 is 35.8. The summed E-state index contributed by atoms with van der Waals surface area (Å²) >= 11 is 0. The maximum absolute atomic E-state index is 11.6. The Morgan fingerprint density at radius 3 is 2.21 bits per heavy atom. The largest absolute Gasteiger partial charge is 0.347 e. The first-order valence-electron chi connectivity index (χ1n) is 3.26. The van der Waals surface area contributed by atoms with Crippen molar-refractivity contribution in [2.24, 2.45) is 3.77 Å². The minimum atomic E-state index is -4.19. The molecule has 1 heterocycles. The minimum Gasteiger partial charge on any atom is -0.241 e. The summed E-state index contributed by atoms with van der Waals surface area (Å²) in [5.74, 6) is 0. The molecule has 9 heteroatoms. The van der Waals surface area contributed by atoms with Crippen LogP contribution in [-0.2, 0) is 19.0 Å². The molecule has 78 valence electrons. The second-order valence-electron chi connectivity index (χ2n) is 2.32. The topological polar surface area (TPSA) is 89.4 Å². The van der Waals surface area contributed by atoms with Crippen molar-refractivity contribution in [1.29, 1.82) is 0 Å². The predicted molar refractivity (Wildman–Crippen MR) is 51.6 cm³/mol. The van der Waals surface area contributed by atoms with Crippen LogP contribution in [0.1, 0.15) is 0 Å². The quantitative estimate of drug-likeness (QED) is 0.564. The van der Waals surface area contributed by atoms with Gasteiger partial charge in [0.25, 0.3) is 0 Å². The van der Waals surface area contributed by atoms with Gasteiger partial charge in [-0.3, -0.25) is 0 Å². The van der Waals surface area contributed by atoms with E-state index in [4.69, 9.17) is 10.7 Å². The number of hydrogen-bond acceptors (Lipinski definition) is 5. The molecule has 0 spiro atoms. The summed E-state index contributed by atoms with van der Waals surface area (Å²) in [6.07, 6.45) is 3.77. The lowest BCUT2D eigenvalue weighted by Gasteiger charge is -1.98. The molecule has 0 bridgehead atoms. The van der Waals surface area contributed by atoms with E-state index in [1.165, 1.54) is 18.5 Å². The Labute approximate surface area is 86.1 Å². The van der Waals surface area contributed by atoms with E-state index in [1.807, 2.05) is 0 Å². The van der Waals surface area contributed by atoms with Crippen molar-refractivity contribution in [3.05, 3.63) is 18.5 Å². The molecule has 1 aromatic rings. The lowest BCUT2D eigenvalue weighted by Crippen LogP contribution is -2.04. The lowest BCUT2D eigenvalue weighted by molar-refractivity contribution is 0.611. The Bertz CT molecular complexity index is 533. The van der Waals surface area contributed by atoms with E-state index in [-0.39, 0.29) is 5.16 Å². The molecular weight excluding hydrogens is 250 g/mol. The molecule has 0 saturated carbocycles. The molecule has 0 aliphatic heterocycles. The zero-order chi connectivity index (χ0) is 10.8. The number of aromatic nitrogens is 2. The van der Waals surface area contributed by atoms with Crippen molar-refractivity contribution >= 4 is 29.6 Å². The van der Waals surface area contributed by atoms with E-state index in [0.29, 0.717) is 0 Å². The zero-order valence-corrected chi connectivity index (χ0v) is 9.38. The third-order valence-electron chi connectivity index (χ3n) is 1.11. The molecule has 0 saturated heterocycles. The Balaban J connectivity index is 3.37. The van der Waals surface area contributed by atoms with E-state index < -0.39 is 19.0 Å². The molecule has 1 aromatic heterocycles. The van der Waals surface area contributed by atoms with Crippen molar-refractivity contribution in [1.82, 2.24) is 9.97 Å². The van der Waals surface area contributed by atoms with Crippen LogP contribution in [0.15, 0.2) is 27.4 Å². The number of rotatable bonds is 2. The molecule has 0 aliphatic rings. The number of hydrogen-bond donors (Lipinski definition) is 0. The number of halogens is 1. The molecule has 0 amide bonds. The normalized spacial score (nSPS) is 15.9. The molecule has 0 unspecified atom stereocenters. The van der Waals surface area contributed by atoms with Crippen molar-refractivity contribution in [2.75, 3.05) is 6.26 Å². The van der Waals surface area contributed by atoms with Crippen LogP contribution in [0.5, 0.6) is 0 Å². The van der Waals surface area contributed by atoms with Gasteiger partial charge in [0.1, 0.15) is 9.73 Å². The van der Waals surface area contributed by atoms with E-state index in [0.717, 1.165) is 6.26 Å². The maximum Gasteiger partial charge on any atom is 0.347 e. The van der Waals surface area contributed by atoms with Crippen LogP contribution < -0.4 is 0 Å². The fourth-order valence-corrected chi connectivity index (χ4v) is 3.79. The SMILES string of the molecule is C[S@@](=O)(=NS(=O)(=O)Cl)c1ncccn1. The smallest absolute Gasteiger partial charge is 0.241 e. The highest BCUT2D eigenvalue weighted by molar-refractivity contribution is 8.17. The van der Waals surface area contributed by atoms with E-state index in [9.17, 15) is 12.6 Å². The summed E-state index contributed by atoms with van der Waals surface area (Å²) in [5, 5.41) is -0.163. The van der Waals surface area contributed by atoms with Gasteiger partial charge in [-0.05, 0) is 6.07 Å². The molecule has 6 nitrogen and oxygen atoms in total. The Morgan fingerprint density at radius 1 is 1.29 bits per heavy atom. The second kappa shape index (κ2) is 3.79. The fraction of sp³-hybridized carbons (Fsp3) is 0.200. The van der Waals surface area contributed by atoms with Crippen molar-refractivity contribution < 1.29 is 12.6 Å². The van der Waals surface area contributed by atoms with Crippen molar-refractivity contribution in [3.8, 4) is 0 Å². The third-order valence-corrected chi connectivity index (χ3v) is 4.36. The fourth-order valence-electron chi connectivity index (χ4n) is 0.684. The van der Waals surface area contributed by atoms with Gasteiger partial charge in [0.2, 0.25) is 5.16 Å². The molecule has 1 rings (SSSR count). The summed E-state index contributed by atoms with van der Waals surface area (Å²) in [6, 6.07) is 1.51. The average molecular weight is 256 g/mol. The van der Waals surface area contributed by atoms with Gasteiger partial charge in [0.05, 0.1) is 0 Å². The van der Waals surface area contributed by atoms with Crippen molar-refractivity contribution in [3.63, 3.8) is 0 Å². The Kier molecular flexibility index (Phi) is 3.07.